The summed E-state index contributed by atoms with van der Waals surface area (Å²) in [7, 11) is 0. The lowest BCUT2D eigenvalue weighted by atomic mass is 9.99. The molecule has 0 aromatic heterocycles. The summed E-state index contributed by atoms with van der Waals surface area (Å²) in [5.41, 5.74) is 0.233. The molecule has 1 aromatic rings. The van der Waals surface area contributed by atoms with Crippen molar-refractivity contribution in [3.05, 3.63) is 29.6 Å². The van der Waals surface area contributed by atoms with Gasteiger partial charge in [-0.25, -0.2) is 9.18 Å². The lowest BCUT2D eigenvalue weighted by Crippen LogP contribution is -2.44. The van der Waals surface area contributed by atoms with Crippen LogP contribution in [0.5, 0.6) is 0 Å². The van der Waals surface area contributed by atoms with Crippen molar-refractivity contribution in [1.29, 1.82) is 5.26 Å². The maximum absolute atomic E-state index is 13.0. The summed E-state index contributed by atoms with van der Waals surface area (Å²) < 4.78 is 13.0. The number of carboxylic acids is 1. The van der Waals surface area contributed by atoms with Crippen molar-refractivity contribution in [3.8, 4) is 6.07 Å². The summed E-state index contributed by atoms with van der Waals surface area (Å²) in [6.45, 7) is 0.586. The Morgan fingerprint density at radius 1 is 1.48 bits per heavy atom. The van der Waals surface area contributed by atoms with Crippen LogP contribution in [0.15, 0.2) is 18.2 Å². The average Bonchev–Trinajstić information content (AvgIpc) is 2.49. The fourth-order valence-corrected chi connectivity index (χ4v) is 2.28. The van der Waals surface area contributed by atoms with Crippen LogP contribution in [-0.4, -0.2) is 35.1 Å². The van der Waals surface area contributed by atoms with E-state index in [4.69, 9.17) is 10.4 Å². The van der Waals surface area contributed by atoms with Gasteiger partial charge in [0.2, 0.25) is 0 Å². The SMILES string of the molecule is N#Cc1cc(F)ccc1NC(=O)N1CCC[C@H](C(=O)O)C1. The van der Waals surface area contributed by atoms with Crippen molar-refractivity contribution in [1.82, 2.24) is 4.90 Å². The van der Waals surface area contributed by atoms with Crippen molar-refractivity contribution in [2.75, 3.05) is 18.4 Å². The molecule has 6 nitrogen and oxygen atoms in total. The maximum Gasteiger partial charge on any atom is 0.321 e. The molecule has 1 saturated heterocycles. The van der Waals surface area contributed by atoms with E-state index in [9.17, 15) is 14.0 Å². The smallest absolute Gasteiger partial charge is 0.321 e. The zero-order chi connectivity index (χ0) is 15.4. The molecule has 1 aliphatic heterocycles. The van der Waals surface area contributed by atoms with Crippen LogP contribution in [0.1, 0.15) is 18.4 Å². The van der Waals surface area contributed by atoms with E-state index in [0.29, 0.717) is 19.4 Å². The van der Waals surface area contributed by atoms with Gasteiger partial charge in [0.05, 0.1) is 17.2 Å². The third kappa shape index (κ3) is 3.48. The molecule has 0 unspecified atom stereocenters. The monoisotopic (exact) mass is 291 g/mol. The first-order valence-corrected chi connectivity index (χ1v) is 6.49. The van der Waals surface area contributed by atoms with E-state index in [1.807, 2.05) is 0 Å². The second-order valence-electron chi connectivity index (χ2n) is 4.86. The molecule has 1 atom stereocenters. The van der Waals surface area contributed by atoms with Gasteiger partial charge in [0, 0.05) is 13.1 Å². The predicted octanol–water partition coefficient (Wildman–Crippen LogP) is 2.03. The summed E-state index contributed by atoms with van der Waals surface area (Å²) in [6.07, 6.45) is 1.15. The van der Waals surface area contributed by atoms with Crippen molar-refractivity contribution in [2.24, 2.45) is 5.92 Å². The quantitative estimate of drug-likeness (QED) is 0.871. The summed E-state index contributed by atoms with van der Waals surface area (Å²) in [5.74, 6) is -2.06. The predicted molar refractivity (Wildman–Crippen MR) is 72.1 cm³/mol. The molecule has 0 radical (unpaired) electrons. The molecule has 0 spiro atoms. The number of benzene rings is 1. The zero-order valence-electron chi connectivity index (χ0n) is 11.2. The standard InChI is InChI=1S/C14H14FN3O3/c15-11-3-4-12(10(6-11)7-16)17-14(21)18-5-1-2-9(8-18)13(19)20/h3-4,6,9H,1-2,5,8H2,(H,17,21)(H,19,20)/t9-/m0/s1. The second kappa shape index (κ2) is 6.22. The number of hydrogen-bond donors (Lipinski definition) is 2. The topological polar surface area (TPSA) is 93.4 Å². The minimum Gasteiger partial charge on any atom is -0.481 e. The highest BCUT2D eigenvalue weighted by molar-refractivity contribution is 5.91. The molecule has 0 bridgehead atoms. The minimum absolute atomic E-state index is 0.0233. The van der Waals surface area contributed by atoms with Crippen LogP contribution < -0.4 is 5.32 Å². The van der Waals surface area contributed by atoms with E-state index in [1.54, 1.807) is 6.07 Å². The Morgan fingerprint density at radius 2 is 2.24 bits per heavy atom. The Labute approximate surface area is 120 Å². The molecule has 7 heteroatoms. The van der Waals surface area contributed by atoms with Crippen molar-refractivity contribution >= 4 is 17.7 Å². The van der Waals surface area contributed by atoms with Crippen LogP contribution in [0.2, 0.25) is 0 Å². The molecule has 1 aromatic carbocycles. The number of halogens is 1. The lowest BCUT2D eigenvalue weighted by molar-refractivity contribution is -0.143. The first-order chi connectivity index (χ1) is 10.0. The number of hydrogen-bond acceptors (Lipinski definition) is 3. The van der Waals surface area contributed by atoms with E-state index < -0.39 is 23.7 Å². The molecule has 0 aliphatic carbocycles. The number of nitrogens with one attached hydrogen (secondary N) is 1. The average molecular weight is 291 g/mol. The van der Waals surface area contributed by atoms with Gasteiger partial charge in [0.15, 0.2) is 0 Å². The fourth-order valence-electron chi connectivity index (χ4n) is 2.28. The number of anilines is 1. The Hall–Kier alpha value is -2.62. The van der Waals surface area contributed by atoms with Crippen molar-refractivity contribution in [3.63, 3.8) is 0 Å². The molecule has 1 fully saturated rings. The second-order valence-corrected chi connectivity index (χ2v) is 4.86. The zero-order valence-corrected chi connectivity index (χ0v) is 11.2. The summed E-state index contributed by atoms with van der Waals surface area (Å²) >= 11 is 0. The Bertz CT molecular complexity index is 612. The van der Waals surface area contributed by atoms with Crippen LogP contribution >= 0.6 is 0 Å². The third-order valence-corrected chi connectivity index (χ3v) is 3.40. The fraction of sp³-hybridized carbons (Fsp3) is 0.357. The molecule has 2 amide bonds. The molecule has 2 N–H and O–H groups in total. The van der Waals surface area contributed by atoms with E-state index in [1.165, 1.54) is 11.0 Å². The Kier molecular flexibility index (Phi) is 4.38. The van der Waals surface area contributed by atoms with Crippen LogP contribution in [-0.2, 0) is 4.79 Å². The Morgan fingerprint density at radius 3 is 2.90 bits per heavy atom. The van der Waals surface area contributed by atoms with Gasteiger partial charge < -0.3 is 15.3 Å². The molecular weight excluding hydrogens is 277 g/mol. The molecular formula is C14H14FN3O3. The molecule has 21 heavy (non-hydrogen) atoms. The van der Waals surface area contributed by atoms with Crippen molar-refractivity contribution < 1.29 is 19.1 Å². The number of urea groups is 1. The molecule has 110 valence electrons. The van der Waals surface area contributed by atoms with E-state index >= 15 is 0 Å². The van der Waals surface area contributed by atoms with Crippen LogP contribution in [0.4, 0.5) is 14.9 Å². The van der Waals surface area contributed by atoms with Gasteiger partial charge in [0.25, 0.3) is 0 Å². The van der Waals surface area contributed by atoms with E-state index in [-0.39, 0.29) is 17.8 Å². The number of likely N-dealkylation sites (tertiary alicyclic amines) is 1. The van der Waals surface area contributed by atoms with Gasteiger partial charge in [0.1, 0.15) is 11.9 Å². The van der Waals surface area contributed by atoms with Crippen LogP contribution in [0.3, 0.4) is 0 Å². The van der Waals surface area contributed by atoms with Gasteiger partial charge in [-0.2, -0.15) is 5.26 Å². The highest BCUT2D eigenvalue weighted by atomic mass is 19.1. The Balaban J connectivity index is 2.08. The maximum atomic E-state index is 13.0. The number of amides is 2. The van der Waals surface area contributed by atoms with Gasteiger partial charge in [-0.3, -0.25) is 4.79 Å². The lowest BCUT2D eigenvalue weighted by Gasteiger charge is -2.30. The van der Waals surface area contributed by atoms with E-state index in [2.05, 4.69) is 5.32 Å². The van der Waals surface area contributed by atoms with E-state index in [0.717, 1.165) is 12.1 Å². The third-order valence-electron chi connectivity index (χ3n) is 3.40. The number of piperidine rings is 1. The first kappa shape index (κ1) is 14.8. The van der Waals surface area contributed by atoms with Crippen LogP contribution in [0.25, 0.3) is 0 Å². The largest absolute Gasteiger partial charge is 0.481 e. The number of carbonyl (C=O) groups excluding carboxylic acids is 1. The molecule has 1 aliphatic rings. The number of nitrogens with zero attached hydrogens (tertiary/aromatic N) is 2. The number of aliphatic carboxylic acids is 1. The van der Waals surface area contributed by atoms with Crippen molar-refractivity contribution in [2.45, 2.75) is 12.8 Å². The number of rotatable bonds is 2. The molecule has 2 rings (SSSR count). The number of nitriles is 1. The number of carbonyl (C=O) groups is 2. The van der Waals surface area contributed by atoms with Crippen LogP contribution in [0, 0.1) is 23.1 Å². The highest BCUT2D eigenvalue weighted by Crippen LogP contribution is 2.20. The summed E-state index contributed by atoms with van der Waals surface area (Å²) in [4.78, 5) is 24.5. The molecule has 0 saturated carbocycles. The number of carboxylic acid groups (broad SMARTS) is 1. The van der Waals surface area contributed by atoms with Gasteiger partial charge >= 0.3 is 12.0 Å². The summed E-state index contributed by atoms with van der Waals surface area (Å²) in [5, 5.41) is 20.4. The minimum atomic E-state index is -0.924. The van der Waals surface area contributed by atoms with Gasteiger partial charge in [-0.15, -0.1) is 0 Å². The molecule has 1 heterocycles. The first-order valence-electron chi connectivity index (χ1n) is 6.49. The highest BCUT2D eigenvalue weighted by Gasteiger charge is 2.28. The van der Waals surface area contributed by atoms with Gasteiger partial charge in [-0.05, 0) is 31.0 Å². The van der Waals surface area contributed by atoms with Gasteiger partial charge in [-0.1, -0.05) is 0 Å². The normalized spacial score (nSPS) is 17.9. The summed E-state index contributed by atoms with van der Waals surface area (Å²) in [6, 6.07) is 4.81.